The number of aliphatic imine (C=N–C) groups is 1. The van der Waals surface area contributed by atoms with Gasteiger partial charge in [0.15, 0.2) is 5.96 Å². The molecule has 1 rings (SSSR count). The van der Waals surface area contributed by atoms with Gasteiger partial charge in [0, 0.05) is 27.2 Å². The first-order chi connectivity index (χ1) is 9.15. The van der Waals surface area contributed by atoms with Gasteiger partial charge < -0.3 is 15.4 Å². The van der Waals surface area contributed by atoms with Crippen LogP contribution in [0.2, 0.25) is 0 Å². The van der Waals surface area contributed by atoms with Gasteiger partial charge in [-0.25, -0.2) is 0 Å². The van der Waals surface area contributed by atoms with Crippen molar-refractivity contribution >= 4 is 5.96 Å². The average Bonchev–Trinajstić information content (AvgIpc) is 2.39. The van der Waals surface area contributed by atoms with E-state index in [1.807, 2.05) is 0 Å². The fourth-order valence-electron chi connectivity index (χ4n) is 1.70. The van der Waals surface area contributed by atoms with Gasteiger partial charge >= 0.3 is 0 Å². The molecule has 4 nitrogen and oxygen atoms in total. The van der Waals surface area contributed by atoms with E-state index in [-0.39, 0.29) is 0 Å². The van der Waals surface area contributed by atoms with Crippen LogP contribution in [0.3, 0.4) is 0 Å². The van der Waals surface area contributed by atoms with Gasteiger partial charge in [-0.3, -0.25) is 4.99 Å². The molecule has 0 amide bonds. The molecule has 0 atom stereocenters. The second-order valence-corrected chi connectivity index (χ2v) is 4.95. The van der Waals surface area contributed by atoms with Crippen LogP contribution in [0.15, 0.2) is 29.3 Å². The summed E-state index contributed by atoms with van der Waals surface area (Å²) in [6, 6.07) is 8.36. The SMILES string of the molecule is CN=C(NCc1cccc(COC)c1)NCC(C)C. The van der Waals surface area contributed by atoms with Gasteiger partial charge in [-0.05, 0) is 17.0 Å². The zero-order valence-corrected chi connectivity index (χ0v) is 12.4. The number of nitrogens with zero attached hydrogens (tertiary/aromatic N) is 1. The van der Waals surface area contributed by atoms with Crippen LogP contribution in [0.4, 0.5) is 0 Å². The van der Waals surface area contributed by atoms with Crippen molar-refractivity contribution in [3.8, 4) is 0 Å². The van der Waals surface area contributed by atoms with Crippen molar-refractivity contribution in [3.05, 3.63) is 35.4 Å². The van der Waals surface area contributed by atoms with Gasteiger partial charge in [0.05, 0.1) is 6.61 Å². The van der Waals surface area contributed by atoms with Crippen LogP contribution in [-0.2, 0) is 17.9 Å². The molecular weight excluding hydrogens is 238 g/mol. The summed E-state index contributed by atoms with van der Waals surface area (Å²) in [6.07, 6.45) is 0. The Morgan fingerprint density at radius 1 is 1.26 bits per heavy atom. The van der Waals surface area contributed by atoms with Crippen LogP contribution in [0.5, 0.6) is 0 Å². The molecule has 0 aliphatic carbocycles. The number of guanidine groups is 1. The van der Waals surface area contributed by atoms with Crippen LogP contribution in [0, 0.1) is 5.92 Å². The summed E-state index contributed by atoms with van der Waals surface area (Å²) >= 11 is 0. The number of ether oxygens (including phenoxy) is 1. The number of benzene rings is 1. The van der Waals surface area contributed by atoms with Crippen molar-refractivity contribution in [2.45, 2.75) is 27.0 Å². The van der Waals surface area contributed by atoms with Crippen molar-refractivity contribution in [1.82, 2.24) is 10.6 Å². The Kier molecular flexibility index (Phi) is 6.97. The summed E-state index contributed by atoms with van der Waals surface area (Å²) in [5, 5.41) is 6.60. The Morgan fingerprint density at radius 3 is 2.63 bits per heavy atom. The van der Waals surface area contributed by atoms with Crippen LogP contribution >= 0.6 is 0 Å². The zero-order chi connectivity index (χ0) is 14.1. The van der Waals surface area contributed by atoms with E-state index in [2.05, 4.69) is 53.7 Å². The van der Waals surface area contributed by atoms with Crippen LogP contribution in [0.1, 0.15) is 25.0 Å². The monoisotopic (exact) mass is 263 g/mol. The van der Waals surface area contributed by atoms with Gasteiger partial charge in [0.1, 0.15) is 0 Å². The molecule has 4 heteroatoms. The second kappa shape index (κ2) is 8.53. The van der Waals surface area contributed by atoms with Crippen molar-refractivity contribution in [2.75, 3.05) is 20.7 Å². The van der Waals surface area contributed by atoms with Crippen LogP contribution in [-0.4, -0.2) is 26.7 Å². The first-order valence-corrected chi connectivity index (χ1v) is 6.67. The lowest BCUT2D eigenvalue weighted by Crippen LogP contribution is -2.38. The molecule has 0 aliphatic heterocycles. The maximum absolute atomic E-state index is 5.14. The molecule has 106 valence electrons. The zero-order valence-electron chi connectivity index (χ0n) is 12.4. The van der Waals surface area contributed by atoms with Gasteiger partial charge in [-0.2, -0.15) is 0 Å². The van der Waals surface area contributed by atoms with Crippen LogP contribution in [0.25, 0.3) is 0 Å². The Balaban J connectivity index is 2.48. The summed E-state index contributed by atoms with van der Waals surface area (Å²) < 4.78 is 5.14. The molecule has 0 unspecified atom stereocenters. The lowest BCUT2D eigenvalue weighted by Gasteiger charge is -2.13. The normalized spacial score (nSPS) is 11.7. The first-order valence-electron chi connectivity index (χ1n) is 6.67. The standard InChI is InChI=1S/C15H25N3O/c1-12(2)9-17-15(16-3)18-10-13-6-5-7-14(8-13)11-19-4/h5-8,12H,9-11H2,1-4H3,(H2,16,17,18). The molecule has 0 bridgehead atoms. The first kappa shape index (κ1) is 15.5. The number of nitrogens with one attached hydrogen (secondary N) is 2. The van der Waals surface area contributed by atoms with Crippen molar-refractivity contribution in [2.24, 2.45) is 10.9 Å². The van der Waals surface area contributed by atoms with E-state index < -0.39 is 0 Å². The fraction of sp³-hybridized carbons (Fsp3) is 0.533. The average molecular weight is 263 g/mol. The molecule has 0 saturated heterocycles. The van der Waals surface area contributed by atoms with E-state index in [1.54, 1.807) is 14.2 Å². The molecular formula is C15H25N3O. The maximum Gasteiger partial charge on any atom is 0.191 e. The molecule has 0 spiro atoms. The van der Waals surface area contributed by atoms with E-state index >= 15 is 0 Å². The molecule has 19 heavy (non-hydrogen) atoms. The highest BCUT2D eigenvalue weighted by Gasteiger charge is 2.00. The van der Waals surface area contributed by atoms with Gasteiger partial charge in [0.25, 0.3) is 0 Å². The molecule has 0 saturated carbocycles. The summed E-state index contributed by atoms with van der Waals surface area (Å²) in [7, 11) is 3.50. The number of methoxy groups -OCH3 is 1. The predicted octanol–water partition coefficient (Wildman–Crippen LogP) is 2.15. The molecule has 0 aliphatic rings. The van der Waals surface area contributed by atoms with Crippen molar-refractivity contribution < 1.29 is 4.74 Å². The summed E-state index contributed by atoms with van der Waals surface area (Å²) in [5.74, 6) is 1.44. The Bertz CT molecular complexity index is 402. The van der Waals surface area contributed by atoms with E-state index in [9.17, 15) is 0 Å². The van der Waals surface area contributed by atoms with E-state index in [0.717, 1.165) is 19.0 Å². The fourth-order valence-corrected chi connectivity index (χ4v) is 1.70. The highest BCUT2D eigenvalue weighted by molar-refractivity contribution is 5.79. The summed E-state index contributed by atoms with van der Waals surface area (Å²) in [4.78, 5) is 4.20. The number of hydrogen-bond donors (Lipinski definition) is 2. The highest BCUT2D eigenvalue weighted by atomic mass is 16.5. The predicted molar refractivity (Wildman–Crippen MR) is 80.2 cm³/mol. The minimum absolute atomic E-state index is 0.601. The molecule has 1 aromatic carbocycles. The topological polar surface area (TPSA) is 45.7 Å². The Hall–Kier alpha value is -1.55. The third-order valence-electron chi connectivity index (χ3n) is 2.66. The Labute approximate surface area is 116 Å². The minimum atomic E-state index is 0.601. The van der Waals surface area contributed by atoms with Crippen LogP contribution < -0.4 is 10.6 Å². The third-order valence-corrected chi connectivity index (χ3v) is 2.66. The van der Waals surface area contributed by atoms with Gasteiger partial charge in [-0.1, -0.05) is 38.1 Å². The molecule has 1 aromatic rings. The molecule has 0 fully saturated rings. The lowest BCUT2D eigenvalue weighted by atomic mass is 10.1. The largest absolute Gasteiger partial charge is 0.380 e. The summed E-state index contributed by atoms with van der Waals surface area (Å²) in [5.41, 5.74) is 2.41. The molecule has 0 aromatic heterocycles. The van der Waals surface area contributed by atoms with Crippen molar-refractivity contribution in [1.29, 1.82) is 0 Å². The quantitative estimate of drug-likeness (QED) is 0.610. The van der Waals surface area contributed by atoms with Crippen molar-refractivity contribution in [3.63, 3.8) is 0 Å². The van der Waals surface area contributed by atoms with E-state index in [4.69, 9.17) is 4.74 Å². The smallest absolute Gasteiger partial charge is 0.191 e. The Morgan fingerprint density at radius 2 is 2.00 bits per heavy atom. The lowest BCUT2D eigenvalue weighted by molar-refractivity contribution is 0.185. The summed E-state index contributed by atoms with van der Waals surface area (Å²) in [6.45, 7) is 6.68. The van der Waals surface area contributed by atoms with E-state index in [0.29, 0.717) is 12.5 Å². The highest BCUT2D eigenvalue weighted by Crippen LogP contribution is 2.06. The van der Waals surface area contributed by atoms with E-state index in [1.165, 1.54) is 11.1 Å². The molecule has 2 N–H and O–H groups in total. The molecule has 0 heterocycles. The molecule has 0 radical (unpaired) electrons. The number of rotatable bonds is 6. The third kappa shape index (κ3) is 6.25. The maximum atomic E-state index is 5.14. The van der Waals surface area contributed by atoms with Gasteiger partial charge in [0.2, 0.25) is 0 Å². The number of hydrogen-bond acceptors (Lipinski definition) is 2. The van der Waals surface area contributed by atoms with Gasteiger partial charge in [-0.15, -0.1) is 0 Å². The second-order valence-electron chi connectivity index (χ2n) is 4.95. The minimum Gasteiger partial charge on any atom is -0.380 e.